The molecule has 1 atom stereocenters. The van der Waals surface area contributed by atoms with Gasteiger partial charge >= 0.3 is 5.97 Å². The van der Waals surface area contributed by atoms with Crippen LogP contribution in [0.25, 0.3) is 0 Å². The van der Waals surface area contributed by atoms with Crippen LogP contribution in [-0.4, -0.2) is 41.3 Å². The quantitative estimate of drug-likeness (QED) is 0.712. The first-order valence-corrected chi connectivity index (χ1v) is 5.84. The maximum Gasteiger partial charge on any atom is 0.328 e. The number of aliphatic hydroxyl groups excluding tert-OH is 1. The summed E-state index contributed by atoms with van der Waals surface area (Å²) in [6, 6.07) is 3.59. The Morgan fingerprint density at radius 1 is 1.47 bits per heavy atom. The molecule has 0 radical (unpaired) electrons. The molecule has 1 aromatic rings. The van der Waals surface area contributed by atoms with E-state index in [4.69, 9.17) is 26.6 Å². The summed E-state index contributed by atoms with van der Waals surface area (Å²) in [6.07, 6.45) is 0. The molecule has 3 N–H and O–H groups in total. The summed E-state index contributed by atoms with van der Waals surface area (Å²) in [7, 11) is 0. The smallest absolute Gasteiger partial charge is 0.328 e. The molecule has 0 aliphatic rings. The molecule has 0 bridgehead atoms. The van der Waals surface area contributed by atoms with Crippen LogP contribution < -0.4 is 10.1 Å². The number of nitrogens with one attached hydrogen (secondary N) is 1. The molecule has 1 amide bonds. The normalized spacial score (nSPS) is 11.7. The number of carbonyl (C=O) groups is 2. The zero-order valence-corrected chi connectivity index (χ0v) is 11.0. The van der Waals surface area contributed by atoms with Crippen molar-refractivity contribution in [2.24, 2.45) is 0 Å². The van der Waals surface area contributed by atoms with Crippen LogP contribution in [0, 0.1) is 6.92 Å². The molecule has 0 spiro atoms. The third-order valence-electron chi connectivity index (χ3n) is 2.31. The van der Waals surface area contributed by atoms with Crippen molar-refractivity contribution in [3.05, 3.63) is 28.8 Å². The van der Waals surface area contributed by atoms with Gasteiger partial charge in [0.1, 0.15) is 11.8 Å². The fraction of sp³-hybridized carbons (Fsp3) is 0.333. The number of carboxylic acid groups (broad SMARTS) is 1. The van der Waals surface area contributed by atoms with E-state index in [0.29, 0.717) is 10.8 Å². The van der Waals surface area contributed by atoms with Crippen LogP contribution in [0.2, 0.25) is 5.02 Å². The van der Waals surface area contributed by atoms with E-state index < -0.39 is 24.5 Å². The van der Waals surface area contributed by atoms with E-state index in [2.05, 4.69) is 5.32 Å². The number of halogens is 1. The molecule has 0 heterocycles. The van der Waals surface area contributed by atoms with Gasteiger partial charge in [-0.2, -0.15) is 0 Å². The number of aliphatic carboxylic acids is 1. The van der Waals surface area contributed by atoms with Crippen LogP contribution in [0.5, 0.6) is 5.75 Å². The highest BCUT2D eigenvalue weighted by Crippen LogP contribution is 2.21. The average Bonchev–Trinajstić information content (AvgIpc) is 2.34. The molecule has 0 aliphatic heterocycles. The van der Waals surface area contributed by atoms with E-state index in [1.165, 1.54) is 0 Å². The maximum atomic E-state index is 11.4. The van der Waals surface area contributed by atoms with Crippen molar-refractivity contribution >= 4 is 23.5 Å². The van der Waals surface area contributed by atoms with E-state index >= 15 is 0 Å². The van der Waals surface area contributed by atoms with E-state index in [-0.39, 0.29) is 6.61 Å². The topological polar surface area (TPSA) is 95.9 Å². The first-order chi connectivity index (χ1) is 8.93. The van der Waals surface area contributed by atoms with Gasteiger partial charge in [0, 0.05) is 5.02 Å². The molecule has 6 nitrogen and oxygen atoms in total. The van der Waals surface area contributed by atoms with Gasteiger partial charge in [-0.25, -0.2) is 4.79 Å². The minimum atomic E-state index is -1.33. The third kappa shape index (κ3) is 4.76. The Bertz CT molecular complexity index is 477. The summed E-state index contributed by atoms with van der Waals surface area (Å²) in [4.78, 5) is 22.0. The Morgan fingerprint density at radius 3 is 2.68 bits per heavy atom. The van der Waals surface area contributed by atoms with E-state index in [1.54, 1.807) is 25.1 Å². The van der Waals surface area contributed by atoms with Crippen LogP contribution in [0.15, 0.2) is 18.2 Å². The summed E-state index contributed by atoms with van der Waals surface area (Å²) < 4.78 is 5.23. The predicted molar refractivity (Wildman–Crippen MR) is 68.3 cm³/mol. The highest BCUT2D eigenvalue weighted by molar-refractivity contribution is 6.30. The van der Waals surface area contributed by atoms with Gasteiger partial charge in [0.25, 0.3) is 5.91 Å². The van der Waals surface area contributed by atoms with Gasteiger partial charge < -0.3 is 20.3 Å². The molecule has 1 aromatic carbocycles. The molecule has 7 heteroatoms. The zero-order chi connectivity index (χ0) is 14.4. The largest absolute Gasteiger partial charge is 0.484 e. The summed E-state index contributed by atoms with van der Waals surface area (Å²) in [5.74, 6) is -1.45. The standard InChI is InChI=1S/C12H14ClNO5/c1-7-4-8(13)2-3-10(7)19-6-11(16)14-9(5-15)12(17)18/h2-4,9,15H,5-6H2,1H3,(H,14,16)(H,17,18). The molecule has 104 valence electrons. The van der Waals surface area contributed by atoms with Gasteiger partial charge in [0.15, 0.2) is 6.61 Å². The summed E-state index contributed by atoms with van der Waals surface area (Å²) >= 11 is 5.77. The second-order valence-corrected chi connectivity index (χ2v) is 4.28. The molecule has 19 heavy (non-hydrogen) atoms. The Balaban J connectivity index is 2.52. The number of rotatable bonds is 6. The molecular formula is C12H14ClNO5. The predicted octanol–water partition coefficient (Wildman–Crippen LogP) is 0.589. The van der Waals surface area contributed by atoms with Crippen LogP contribution in [0.3, 0.4) is 0 Å². The SMILES string of the molecule is Cc1cc(Cl)ccc1OCC(=O)NC(CO)C(=O)O. The number of aliphatic hydroxyl groups is 1. The molecular weight excluding hydrogens is 274 g/mol. The summed E-state index contributed by atoms with van der Waals surface area (Å²) in [5, 5.41) is 20.1. The number of benzene rings is 1. The van der Waals surface area contributed by atoms with Crippen LogP contribution in [-0.2, 0) is 9.59 Å². The summed E-state index contributed by atoms with van der Waals surface area (Å²) in [5.41, 5.74) is 0.761. The van der Waals surface area contributed by atoms with Gasteiger partial charge in [0.2, 0.25) is 0 Å². The lowest BCUT2D eigenvalue weighted by Crippen LogP contribution is -2.45. The maximum absolute atomic E-state index is 11.4. The minimum Gasteiger partial charge on any atom is -0.484 e. The fourth-order valence-corrected chi connectivity index (χ4v) is 1.57. The lowest BCUT2D eigenvalue weighted by Gasteiger charge is -2.13. The first-order valence-electron chi connectivity index (χ1n) is 5.46. The number of aryl methyl sites for hydroxylation is 1. The highest BCUT2D eigenvalue weighted by atomic mass is 35.5. The minimum absolute atomic E-state index is 0.341. The van der Waals surface area contributed by atoms with Crippen molar-refractivity contribution in [3.8, 4) is 5.75 Å². The molecule has 1 unspecified atom stereocenters. The van der Waals surface area contributed by atoms with Gasteiger partial charge in [-0.1, -0.05) is 11.6 Å². The number of carbonyl (C=O) groups excluding carboxylic acids is 1. The number of hydrogen-bond acceptors (Lipinski definition) is 4. The van der Waals surface area contributed by atoms with Crippen LogP contribution in [0.1, 0.15) is 5.56 Å². The summed E-state index contributed by atoms with van der Waals surface area (Å²) in [6.45, 7) is 0.750. The van der Waals surface area contributed by atoms with Crippen LogP contribution >= 0.6 is 11.6 Å². The fourth-order valence-electron chi connectivity index (χ4n) is 1.34. The van der Waals surface area contributed by atoms with Crippen molar-refractivity contribution < 1.29 is 24.5 Å². The zero-order valence-electron chi connectivity index (χ0n) is 10.2. The lowest BCUT2D eigenvalue weighted by molar-refractivity contribution is -0.143. The second kappa shape index (κ2) is 6.96. The van der Waals surface area contributed by atoms with Gasteiger partial charge in [-0.15, -0.1) is 0 Å². The molecule has 0 saturated carbocycles. The van der Waals surface area contributed by atoms with Crippen molar-refractivity contribution in [3.63, 3.8) is 0 Å². The number of hydrogen-bond donors (Lipinski definition) is 3. The number of carboxylic acids is 1. The number of amides is 1. The van der Waals surface area contributed by atoms with Crippen molar-refractivity contribution in [1.82, 2.24) is 5.32 Å². The molecule has 0 fully saturated rings. The first kappa shape index (κ1) is 15.3. The molecule has 0 aliphatic carbocycles. The lowest BCUT2D eigenvalue weighted by atomic mass is 10.2. The van der Waals surface area contributed by atoms with Gasteiger partial charge in [-0.05, 0) is 30.7 Å². The third-order valence-corrected chi connectivity index (χ3v) is 2.55. The van der Waals surface area contributed by atoms with E-state index in [0.717, 1.165) is 5.56 Å². The highest BCUT2D eigenvalue weighted by Gasteiger charge is 2.18. The van der Waals surface area contributed by atoms with Crippen molar-refractivity contribution in [2.45, 2.75) is 13.0 Å². The Labute approximate surface area is 114 Å². The number of ether oxygens (including phenoxy) is 1. The van der Waals surface area contributed by atoms with Crippen molar-refractivity contribution in [2.75, 3.05) is 13.2 Å². The van der Waals surface area contributed by atoms with Crippen molar-refractivity contribution in [1.29, 1.82) is 0 Å². The van der Waals surface area contributed by atoms with E-state index in [9.17, 15) is 9.59 Å². The monoisotopic (exact) mass is 287 g/mol. The Morgan fingerprint density at radius 2 is 2.16 bits per heavy atom. The van der Waals surface area contributed by atoms with E-state index in [1.807, 2.05) is 0 Å². The van der Waals surface area contributed by atoms with Gasteiger partial charge in [-0.3, -0.25) is 4.79 Å². The molecule has 1 rings (SSSR count). The Kier molecular flexibility index (Phi) is 5.59. The molecule has 0 saturated heterocycles. The molecule has 0 aromatic heterocycles. The van der Waals surface area contributed by atoms with Gasteiger partial charge in [0.05, 0.1) is 6.61 Å². The average molecular weight is 288 g/mol. The Hall–Kier alpha value is -1.79. The second-order valence-electron chi connectivity index (χ2n) is 3.84. The van der Waals surface area contributed by atoms with Crippen LogP contribution in [0.4, 0.5) is 0 Å².